The van der Waals surface area contributed by atoms with Crippen LogP contribution in [0.4, 0.5) is 0 Å². The Morgan fingerprint density at radius 3 is 2.25 bits per heavy atom. The van der Waals surface area contributed by atoms with E-state index in [1.54, 1.807) is 0 Å². The van der Waals surface area contributed by atoms with E-state index in [4.69, 9.17) is 0 Å². The van der Waals surface area contributed by atoms with Gasteiger partial charge < -0.3 is 5.11 Å². The topological polar surface area (TPSA) is 23.5 Å². The van der Waals surface area contributed by atoms with Crippen molar-refractivity contribution < 1.29 is 5.11 Å². The highest BCUT2D eigenvalue weighted by Crippen LogP contribution is 2.27. The zero-order chi connectivity index (χ0) is 16.9. The predicted molar refractivity (Wildman–Crippen MR) is 100 cm³/mol. The van der Waals surface area contributed by atoms with Crippen molar-refractivity contribution in [3.63, 3.8) is 0 Å². The highest BCUT2D eigenvalue weighted by atomic mass is 16.3. The van der Waals surface area contributed by atoms with Crippen molar-refractivity contribution in [2.75, 3.05) is 13.1 Å². The molecule has 1 N–H and O–H groups in total. The van der Waals surface area contributed by atoms with Gasteiger partial charge in [0, 0.05) is 6.04 Å². The van der Waals surface area contributed by atoms with Crippen molar-refractivity contribution >= 4 is 0 Å². The normalized spacial score (nSPS) is 19.1. The largest absolute Gasteiger partial charge is 0.387 e. The number of likely N-dealkylation sites (tertiary alicyclic amines) is 1. The minimum absolute atomic E-state index is 0.172. The van der Waals surface area contributed by atoms with Gasteiger partial charge in [0.15, 0.2) is 0 Å². The van der Waals surface area contributed by atoms with Gasteiger partial charge in [-0.1, -0.05) is 60.2 Å². The fourth-order valence-corrected chi connectivity index (χ4v) is 3.75. The lowest BCUT2D eigenvalue weighted by Crippen LogP contribution is -2.43. The molecular weight excluding hydrogens is 294 g/mol. The van der Waals surface area contributed by atoms with Crippen LogP contribution in [-0.4, -0.2) is 29.1 Å². The van der Waals surface area contributed by atoms with E-state index in [9.17, 15) is 5.11 Å². The van der Waals surface area contributed by atoms with E-state index in [2.05, 4.69) is 73.3 Å². The fourth-order valence-electron chi connectivity index (χ4n) is 3.75. The monoisotopic (exact) mass is 323 g/mol. The lowest BCUT2D eigenvalue weighted by atomic mass is 9.89. The minimum atomic E-state index is -0.406. The standard InChI is InChI=1S/C22H29NO/c1-17-8-10-21(11-9-17)22(24)18(2)23-14-12-20(13-15-23)16-19-6-4-3-5-7-19/h3-11,18,20,22,24H,12-16H2,1-2H3. The average Bonchev–Trinajstić information content (AvgIpc) is 2.63. The van der Waals surface area contributed by atoms with Crippen LogP contribution in [0.25, 0.3) is 0 Å². The van der Waals surface area contributed by atoms with Crippen LogP contribution in [0, 0.1) is 12.8 Å². The van der Waals surface area contributed by atoms with Crippen molar-refractivity contribution in [1.29, 1.82) is 0 Å². The molecule has 3 rings (SSSR count). The first-order chi connectivity index (χ1) is 11.6. The molecule has 0 aliphatic carbocycles. The van der Waals surface area contributed by atoms with Crippen molar-refractivity contribution in [1.82, 2.24) is 4.90 Å². The number of rotatable bonds is 5. The molecule has 2 aromatic carbocycles. The van der Waals surface area contributed by atoms with Gasteiger partial charge in [-0.05, 0) is 63.2 Å². The number of benzene rings is 2. The molecule has 0 bridgehead atoms. The van der Waals surface area contributed by atoms with Crippen LogP contribution < -0.4 is 0 Å². The van der Waals surface area contributed by atoms with Crippen LogP contribution in [0.2, 0.25) is 0 Å². The molecule has 1 heterocycles. The minimum Gasteiger partial charge on any atom is -0.387 e. The number of hydrogen-bond acceptors (Lipinski definition) is 2. The zero-order valence-corrected chi connectivity index (χ0v) is 14.9. The SMILES string of the molecule is Cc1ccc(C(O)C(C)N2CCC(Cc3ccccc3)CC2)cc1. The fraction of sp³-hybridized carbons (Fsp3) is 0.455. The molecule has 24 heavy (non-hydrogen) atoms. The van der Waals surface area contributed by atoms with Gasteiger partial charge in [0.05, 0.1) is 6.10 Å². The van der Waals surface area contributed by atoms with Crippen molar-refractivity contribution in [3.05, 3.63) is 71.3 Å². The number of aryl methyl sites for hydroxylation is 1. The maximum absolute atomic E-state index is 10.7. The molecule has 2 nitrogen and oxygen atoms in total. The van der Waals surface area contributed by atoms with Crippen LogP contribution in [0.15, 0.2) is 54.6 Å². The summed E-state index contributed by atoms with van der Waals surface area (Å²) < 4.78 is 0. The van der Waals surface area contributed by atoms with E-state index in [0.717, 1.165) is 24.6 Å². The number of aliphatic hydroxyl groups excluding tert-OH is 1. The highest BCUT2D eigenvalue weighted by Gasteiger charge is 2.27. The Morgan fingerprint density at radius 1 is 1.00 bits per heavy atom. The van der Waals surface area contributed by atoms with Crippen molar-refractivity contribution in [2.45, 2.75) is 45.3 Å². The molecule has 1 fully saturated rings. The Morgan fingerprint density at radius 2 is 1.62 bits per heavy atom. The van der Waals surface area contributed by atoms with Gasteiger partial charge in [0.1, 0.15) is 0 Å². The number of nitrogens with zero attached hydrogens (tertiary/aromatic N) is 1. The van der Waals surface area contributed by atoms with E-state index in [0.29, 0.717) is 0 Å². The second kappa shape index (κ2) is 7.96. The molecule has 128 valence electrons. The number of hydrogen-bond donors (Lipinski definition) is 1. The van der Waals surface area contributed by atoms with Crippen LogP contribution in [0.1, 0.15) is 42.6 Å². The third kappa shape index (κ3) is 4.25. The molecule has 1 aliphatic rings. The quantitative estimate of drug-likeness (QED) is 0.883. The number of piperidine rings is 1. The Balaban J connectivity index is 1.53. The van der Waals surface area contributed by atoms with E-state index in [-0.39, 0.29) is 6.04 Å². The smallest absolute Gasteiger partial charge is 0.0942 e. The summed E-state index contributed by atoms with van der Waals surface area (Å²) in [4.78, 5) is 2.45. The predicted octanol–water partition coefficient (Wildman–Crippen LogP) is 4.37. The summed E-state index contributed by atoms with van der Waals surface area (Å²) in [6, 6.07) is 19.2. The van der Waals surface area contributed by atoms with Crippen LogP contribution in [0.5, 0.6) is 0 Å². The molecule has 1 aliphatic heterocycles. The lowest BCUT2D eigenvalue weighted by molar-refractivity contribution is 0.0373. The molecule has 2 unspecified atom stereocenters. The zero-order valence-electron chi connectivity index (χ0n) is 14.9. The summed E-state index contributed by atoms with van der Waals surface area (Å²) in [5.41, 5.74) is 3.71. The first kappa shape index (κ1) is 17.2. The second-order valence-electron chi connectivity index (χ2n) is 7.27. The molecule has 0 amide bonds. The van der Waals surface area contributed by atoms with Crippen molar-refractivity contribution in [2.24, 2.45) is 5.92 Å². The lowest BCUT2D eigenvalue weighted by Gasteiger charge is -2.38. The summed E-state index contributed by atoms with van der Waals surface area (Å²) in [5.74, 6) is 0.771. The maximum Gasteiger partial charge on any atom is 0.0942 e. The van der Waals surface area contributed by atoms with E-state index >= 15 is 0 Å². The summed E-state index contributed by atoms with van der Waals surface area (Å²) in [6.45, 7) is 6.41. The van der Waals surface area contributed by atoms with Gasteiger partial charge in [-0.25, -0.2) is 0 Å². The maximum atomic E-state index is 10.7. The Hall–Kier alpha value is -1.64. The number of aliphatic hydroxyl groups is 1. The summed E-state index contributed by atoms with van der Waals surface area (Å²) in [7, 11) is 0. The molecule has 2 atom stereocenters. The Bertz CT molecular complexity index is 614. The van der Waals surface area contributed by atoms with E-state index < -0.39 is 6.10 Å². The molecular formula is C22H29NO. The van der Waals surface area contributed by atoms with Crippen LogP contribution in [-0.2, 0) is 6.42 Å². The van der Waals surface area contributed by atoms with Crippen LogP contribution in [0.3, 0.4) is 0 Å². The summed E-state index contributed by atoms with van der Waals surface area (Å²) in [6.07, 6.45) is 3.22. The molecule has 0 saturated carbocycles. The Labute approximate surface area is 146 Å². The Kier molecular flexibility index (Phi) is 5.70. The van der Waals surface area contributed by atoms with Gasteiger partial charge in [0.25, 0.3) is 0 Å². The van der Waals surface area contributed by atoms with Gasteiger partial charge in [0.2, 0.25) is 0 Å². The third-order valence-corrected chi connectivity index (χ3v) is 5.47. The molecule has 0 radical (unpaired) electrons. The molecule has 2 heteroatoms. The summed E-state index contributed by atoms with van der Waals surface area (Å²) >= 11 is 0. The van der Waals surface area contributed by atoms with Gasteiger partial charge in [-0.3, -0.25) is 4.90 Å². The molecule has 1 saturated heterocycles. The molecule has 0 aromatic heterocycles. The summed E-state index contributed by atoms with van der Waals surface area (Å²) in [5, 5.41) is 10.7. The molecule has 0 spiro atoms. The second-order valence-corrected chi connectivity index (χ2v) is 7.27. The first-order valence-electron chi connectivity index (χ1n) is 9.16. The van der Waals surface area contributed by atoms with E-state index in [1.807, 2.05) is 0 Å². The van der Waals surface area contributed by atoms with Crippen LogP contribution >= 0.6 is 0 Å². The van der Waals surface area contributed by atoms with Gasteiger partial charge >= 0.3 is 0 Å². The molecule has 2 aromatic rings. The van der Waals surface area contributed by atoms with Gasteiger partial charge in [-0.2, -0.15) is 0 Å². The third-order valence-electron chi connectivity index (χ3n) is 5.47. The van der Waals surface area contributed by atoms with Crippen molar-refractivity contribution in [3.8, 4) is 0 Å². The highest BCUT2D eigenvalue weighted by molar-refractivity contribution is 5.24. The first-order valence-corrected chi connectivity index (χ1v) is 9.16. The van der Waals surface area contributed by atoms with Gasteiger partial charge in [-0.15, -0.1) is 0 Å². The average molecular weight is 323 g/mol. The van der Waals surface area contributed by atoms with E-state index in [1.165, 1.54) is 30.4 Å².